The molecular weight excluding hydrogens is 516 g/mol. The van der Waals surface area contributed by atoms with Gasteiger partial charge in [0.1, 0.15) is 0 Å². The number of aromatic nitrogens is 2. The molecule has 2 aromatic heterocycles. The number of sulfonamides is 1. The predicted octanol–water partition coefficient (Wildman–Crippen LogP) is 4.92. The second-order valence-electron chi connectivity index (χ2n) is 8.15. The Labute approximate surface area is 220 Å². The molecule has 2 aromatic carbocycles. The molecule has 3 N–H and O–H groups in total. The van der Waals surface area contributed by atoms with Gasteiger partial charge in [0.05, 0.1) is 26.3 Å². The van der Waals surface area contributed by atoms with Crippen LogP contribution in [0.5, 0.6) is 0 Å². The summed E-state index contributed by atoms with van der Waals surface area (Å²) in [6.07, 6.45) is 5.78. The zero-order valence-electron chi connectivity index (χ0n) is 19.5. The third-order valence-electron chi connectivity index (χ3n) is 5.55. The van der Waals surface area contributed by atoms with Crippen LogP contribution in [0.25, 0.3) is 11.3 Å². The Morgan fingerprint density at radius 3 is 2.44 bits per heavy atom. The van der Waals surface area contributed by atoms with Gasteiger partial charge in [0.2, 0.25) is 10.0 Å². The van der Waals surface area contributed by atoms with Gasteiger partial charge < -0.3 is 10.4 Å². The number of rotatable bonds is 12. The van der Waals surface area contributed by atoms with Crippen LogP contribution in [0.3, 0.4) is 0 Å². The number of thiazole rings is 1. The monoisotopic (exact) mass is 542 g/mol. The van der Waals surface area contributed by atoms with Crippen LogP contribution >= 0.6 is 22.9 Å². The van der Waals surface area contributed by atoms with Crippen molar-refractivity contribution in [1.29, 1.82) is 0 Å². The maximum atomic E-state index is 12.7. The zero-order chi connectivity index (χ0) is 25.4. The number of nitrogens with zero attached hydrogens (tertiary/aromatic N) is 2. The van der Waals surface area contributed by atoms with E-state index in [4.69, 9.17) is 16.7 Å². The first-order chi connectivity index (χ1) is 17.4. The minimum atomic E-state index is -3.71. The van der Waals surface area contributed by atoms with Crippen molar-refractivity contribution in [2.24, 2.45) is 0 Å². The fourth-order valence-electron chi connectivity index (χ4n) is 3.56. The van der Waals surface area contributed by atoms with Gasteiger partial charge in [-0.1, -0.05) is 35.9 Å². The van der Waals surface area contributed by atoms with E-state index in [2.05, 4.69) is 25.4 Å². The lowest BCUT2D eigenvalue weighted by Gasteiger charge is -2.11. The Morgan fingerprint density at radius 1 is 0.972 bits per heavy atom. The summed E-state index contributed by atoms with van der Waals surface area (Å²) >= 11 is 8.01. The molecule has 0 atom stereocenters. The van der Waals surface area contributed by atoms with Gasteiger partial charge in [-0.25, -0.2) is 18.1 Å². The van der Waals surface area contributed by atoms with Crippen LogP contribution in [0.15, 0.2) is 77.3 Å². The van der Waals surface area contributed by atoms with Crippen molar-refractivity contribution in [3.8, 4) is 11.3 Å². The second kappa shape index (κ2) is 12.4. The highest BCUT2D eigenvalue weighted by atomic mass is 35.5. The van der Waals surface area contributed by atoms with E-state index in [1.165, 1.54) is 6.07 Å². The van der Waals surface area contributed by atoms with E-state index in [0.717, 1.165) is 40.2 Å². The van der Waals surface area contributed by atoms with Crippen LogP contribution in [0.4, 0.5) is 5.69 Å². The fourth-order valence-corrected chi connectivity index (χ4v) is 5.77. The van der Waals surface area contributed by atoms with Crippen molar-refractivity contribution >= 4 is 38.6 Å². The first kappa shape index (κ1) is 26.2. The minimum Gasteiger partial charge on any atom is -0.396 e. The number of anilines is 1. The van der Waals surface area contributed by atoms with Gasteiger partial charge in [0.15, 0.2) is 0 Å². The Morgan fingerprint density at radius 2 is 1.72 bits per heavy atom. The summed E-state index contributed by atoms with van der Waals surface area (Å²) < 4.78 is 28.1. The maximum Gasteiger partial charge on any atom is 0.240 e. The number of aliphatic hydroxyl groups excluding tert-OH is 1. The average Bonchev–Trinajstić information content (AvgIpc) is 3.37. The van der Waals surface area contributed by atoms with E-state index in [1.807, 2.05) is 36.4 Å². The molecule has 0 saturated heterocycles. The molecule has 0 aliphatic rings. The molecule has 0 aliphatic heterocycles. The molecule has 0 fully saturated rings. The van der Waals surface area contributed by atoms with E-state index < -0.39 is 10.0 Å². The molecule has 0 spiro atoms. The van der Waals surface area contributed by atoms with Crippen molar-refractivity contribution in [2.45, 2.75) is 30.7 Å². The highest BCUT2D eigenvalue weighted by Crippen LogP contribution is 2.26. The van der Waals surface area contributed by atoms with Gasteiger partial charge in [0.25, 0.3) is 0 Å². The van der Waals surface area contributed by atoms with Gasteiger partial charge in [0, 0.05) is 49.5 Å². The summed E-state index contributed by atoms with van der Waals surface area (Å²) in [6.45, 7) is 0.927. The Balaban J connectivity index is 1.27. The van der Waals surface area contributed by atoms with Crippen molar-refractivity contribution in [2.75, 3.05) is 18.5 Å². The fraction of sp³-hybridized carbons (Fsp3) is 0.231. The third-order valence-corrected chi connectivity index (χ3v) is 8.17. The third kappa shape index (κ3) is 7.11. The summed E-state index contributed by atoms with van der Waals surface area (Å²) in [6, 6.07) is 16.0. The lowest BCUT2D eigenvalue weighted by molar-refractivity contribution is 0.299. The van der Waals surface area contributed by atoms with Crippen LogP contribution in [-0.2, 0) is 29.4 Å². The van der Waals surface area contributed by atoms with Crippen molar-refractivity contribution in [3.63, 3.8) is 0 Å². The van der Waals surface area contributed by atoms with Crippen molar-refractivity contribution < 1.29 is 13.5 Å². The summed E-state index contributed by atoms with van der Waals surface area (Å²) in [4.78, 5) is 8.83. The van der Waals surface area contributed by atoms with Crippen LogP contribution in [0, 0.1) is 0 Å². The molecule has 188 valence electrons. The smallest absolute Gasteiger partial charge is 0.240 e. The molecule has 4 aromatic rings. The first-order valence-electron chi connectivity index (χ1n) is 11.5. The lowest BCUT2D eigenvalue weighted by atomic mass is 10.1. The van der Waals surface area contributed by atoms with Gasteiger partial charge in [-0.15, -0.1) is 11.3 Å². The van der Waals surface area contributed by atoms with E-state index >= 15 is 0 Å². The van der Waals surface area contributed by atoms with Crippen molar-refractivity contribution in [1.82, 2.24) is 14.7 Å². The van der Waals surface area contributed by atoms with E-state index in [-0.39, 0.29) is 18.0 Å². The van der Waals surface area contributed by atoms with Crippen LogP contribution in [0.2, 0.25) is 5.02 Å². The molecule has 0 saturated carbocycles. The number of aryl methyl sites for hydroxylation is 1. The molecule has 36 heavy (non-hydrogen) atoms. The molecule has 10 heteroatoms. The van der Waals surface area contributed by atoms with E-state index in [0.29, 0.717) is 23.7 Å². The number of nitrogens with one attached hydrogen (secondary N) is 2. The predicted molar refractivity (Wildman–Crippen MR) is 145 cm³/mol. The topological polar surface area (TPSA) is 104 Å². The number of aliphatic hydroxyl groups is 1. The number of halogens is 1. The molecule has 7 nitrogen and oxygen atoms in total. The van der Waals surface area contributed by atoms with Gasteiger partial charge in [-0.05, 0) is 54.3 Å². The Bertz CT molecular complexity index is 1380. The summed E-state index contributed by atoms with van der Waals surface area (Å²) in [7, 11) is -3.71. The Hall–Kier alpha value is -2.82. The highest BCUT2D eigenvalue weighted by molar-refractivity contribution is 7.89. The molecule has 2 heterocycles. The highest BCUT2D eigenvalue weighted by Gasteiger charge is 2.16. The van der Waals surface area contributed by atoms with E-state index in [1.54, 1.807) is 35.9 Å². The average molecular weight is 543 g/mol. The second-order valence-corrected chi connectivity index (χ2v) is 11.3. The van der Waals surface area contributed by atoms with Gasteiger partial charge in [-0.2, -0.15) is 0 Å². The molecule has 0 unspecified atom stereocenters. The first-order valence-corrected chi connectivity index (χ1v) is 14.3. The molecular formula is C26H27ClN4O3S2. The minimum absolute atomic E-state index is 0.0806. The number of hydrogen-bond donors (Lipinski definition) is 3. The molecule has 0 aliphatic carbocycles. The van der Waals surface area contributed by atoms with Crippen LogP contribution in [0.1, 0.15) is 22.6 Å². The normalized spacial score (nSPS) is 11.5. The lowest BCUT2D eigenvalue weighted by Crippen LogP contribution is -2.23. The standard InChI is InChI=1S/C26H27ClN4O3S2/c27-23-16-22(36(33,34)30-17-20-5-3-19(4-6-20)11-15-32)7-8-24(23)29-12-1-2-26-31-25(18-35-26)21-9-13-28-14-10-21/h3-10,13-14,16,18,29-30,32H,1-2,11-12,15,17H2. The van der Waals surface area contributed by atoms with Gasteiger partial charge >= 0.3 is 0 Å². The molecule has 0 bridgehead atoms. The Kier molecular flexibility index (Phi) is 9.06. The number of benzene rings is 2. The number of pyridine rings is 1. The molecule has 0 amide bonds. The molecule has 4 rings (SSSR count). The zero-order valence-corrected chi connectivity index (χ0v) is 21.9. The summed E-state index contributed by atoms with van der Waals surface area (Å²) in [5, 5.41) is 15.7. The summed E-state index contributed by atoms with van der Waals surface area (Å²) in [5.74, 6) is 0. The quantitative estimate of drug-likeness (QED) is 0.220. The van der Waals surface area contributed by atoms with Crippen LogP contribution < -0.4 is 10.0 Å². The van der Waals surface area contributed by atoms with Crippen molar-refractivity contribution in [3.05, 3.63) is 93.5 Å². The van der Waals surface area contributed by atoms with Crippen LogP contribution in [-0.4, -0.2) is 36.6 Å². The number of hydrogen-bond acceptors (Lipinski definition) is 7. The van der Waals surface area contributed by atoms with Gasteiger partial charge in [-0.3, -0.25) is 4.98 Å². The largest absolute Gasteiger partial charge is 0.396 e. The SMILES string of the molecule is O=S(=O)(NCc1ccc(CCO)cc1)c1ccc(NCCCc2nc(-c3ccncc3)cs2)c(Cl)c1. The molecule has 0 radical (unpaired) electrons. The maximum absolute atomic E-state index is 12.7. The summed E-state index contributed by atoms with van der Waals surface area (Å²) in [5.41, 5.74) is 4.53. The van der Waals surface area contributed by atoms with E-state index in [9.17, 15) is 8.42 Å².